The predicted molar refractivity (Wildman–Crippen MR) is 123 cm³/mol. The molecule has 2 amide bonds. The number of pyridine rings is 1. The molecule has 1 aliphatic heterocycles. The number of halogens is 3. The Hall–Kier alpha value is -3.98. The molecule has 0 saturated carbocycles. The van der Waals surface area contributed by atoms with Crippen LogP contribution in [0.1, 0.15) is 48.8 Å². The van der Waals surface area contributed by atoms with Crippen molar-refractivity contribution >= 4 is 23.5 Å². The molecule has 1 atom stereocenters. The molecule has 0 bridgehead atoms. The van der Waals surface area contributed by atoms with E-state index in [0.29, 0.717) is 0 Å². The largest absolute Gasteiger partial charge is 0.444 e. The molecule has 12 heteroatoms. The van der Waals surface area contributed by atoms with E-state index in [9.17, 15) is 22.8 Å². The first kappa shape index (κ1) is 26.6. The molecule has 2 heterocycles. The highest BCUT2D eigenvalue weighted by molar-refractivity contribution is 6.03. The zero-order valence-corrected chi connectivity index (χ0v) is 19.8. The molecule has 0 saturated heterocycles. The monoisotopic (exact) mass is 503 g/mol. The van der Waals surface area contributed by atoms with E-state index in [4.69, 9.17) is 14.7 Å². The number of carbonyl (C=O) groups is 2. The van der Waals surface area contributed by atoms with Crippen LogP contribution >= 0.6 is 0 Å². The van der Waals surface area contributed by atoms with Gasteiger partial charge >= 0.3 is 6.09 Å². The van der Waals surface area contributed by atoms with Crippen LogP contribution in [0.2, 0.25) is 0 Å². The molecule has 1 aromatic carbocycles. The summed E-state index contributed by atoms with van der Waals surface area (Å²) in [5, 5.41) is 13.6. The smallest absolute Gasteiger partial charge is 0.413 e. The van der Waals surface area contributed by atoms with Crippen LogP contribution < -0.4 is 10.6 Å². The third-order valence-electron chi connectivity index (χ3n) is 5.02. The summed E-state index contributed by atoms with van der Waals surface area (Å²) in [5.41, 5.74) is -3.51. The molecule has 0 fully saturated rings. The van der Waals surface area contributed by atoms with E-state index in [0.717, 1.165) is 12.1 Å². The Kier molecular flexibility index (Phi) is 7.94. The average molecular weight is 503 g/mol. The van der Waals surface area contributed by atoms with Gasteiger partial charge in [-0.05, 0) is 51.1 Å². The SMILES string of the molecule is CC(C)(C)OC(=O)NC1=NC(c2cc(NC(=O)c3ccc(C#N)cn3)ccc2F)(C(F)F)CCOC1. The van der Waals surface area contributed by atoms with Crippen LogP contribution in [0.3, 0.4) is 0 Å². The number of amidine groups is 1. The van der Waals surface area contributed by atoms with E-state index in [2.05, 4.69) is 20.6 Å². The molecule has 9 nitrogen and oxygen atoms in total. The van der Waals surface area contributed by atoms with Crippen molar-refractivity contribution in [1.29, 1.82) is 5.26 Å². The average Bonchev–Trinajstić information content (AvgIpc) is 3.02. The Labute approximate surface area is 205 Å². The maximum Gasteiger partial charge on any atom is 0.413 e. The van der Waals surface area contributed by atoms with Gasteiger partial charge in [-0.2, -0.15) is 5.26 Å². The van der Waals surface area contributed by atoms with Crippen molar-refractivity contribution in [2.45, 2.75) is 44.8 Å². The summed E-state index contributed by atoms with van der Waals surface area (Å²) in [6.45, 7) is 4.40. The zero-order valence-electron chi connectivity index (χ0n) is 19.8. The molecular weight excluding hydrogens is 479 g/mol. The Morgan fingerprint density at radius 3 is 2.58 bits per heavy atom. The Morgan fingerprint density at radius 1 is 1.22 bits per heavy atom. The summed E-state index contributed by atoms with van der Waals surface area (Å²) >= 11 is 0. The third-order valence-corrected chi connectivity index (χ3v) is 5.02. The summed E-state index contributed by atoms with van der Waals surface area (Å²) in [4.78, 5) is 32.6. The Balaban J connectivity index is 1.95. The van der Waals surface area contributed by atoms with Crippen molar-refractivity contribution in [3.8, 4) is 6.07 Å². The number of alkyl halides is 2. The number of alkyl carbamates (subject to hydrolysis) is 1. The molecule has 0 aliphatic carbocycles. The van der Waals surface area contributed by atoms with Crippen molar-refractivity contribution in [3.63, 3.8) is 0 Å². The maximum atomic E-state index is 14.9. The fraction of sp³-hybridized carbons (Fsp3) is 0.375. The molecule has 0 radical (unpaired) electrons. The number of nitriles is 1. The van der Waals surface area contributed by atoms with Crippen molar-refractivity contribution < 1.29 is 32.2 Å². The zero-order chi connectivity index (χ0) is 26.5. The van der Waals surface area contributed by atoms with Crippen LogP contribution in [-0.2, 0) is 15.0 Å². The lowest BCUT2D eigenvalue weighted by atomic mass is 9.87. The van der Waals surface area contributed by atoms with Gasteiger partial charge in [-0.25, -0.2) is 22.9 Å². The molecular formula is C24H24F3N5O4. The van der Waals surface area contributed by atoms with E-state index in [1.807, 2.05) is 6.07 Å². The highest BCUT2D eigenvalue weighted by atomic mass is 19.3. The molecule has 1 aromatic heterocycles. The number of benzene rings is 1. The van der Waals surface area contributed by atoms with Crippen LogP contribution in [0.25, 0.3) is 0 Å². The number of rotatable bonds is 4. The fourth-order valence-corrected chi connectivity index (χ4v) is 3.41. The molecule has 190 valence electrons. The first-order valence-corrected chi connectivity index (χ1v) is 10.9. The summed E-state index contributed by atoms with van der Waals surface area (Å²) in [6.07, 6.45) is -3.30. The van der Waals surface area contributed by atoms with Crippen LogP contribution in [0.15, 0.2) is 41.5 Å². The molecule has 1 unspecified atom stereocenters. The standard InChI is InChI=1S/C24H24F3N5O4/c1-23(2,3)36-22(34)31-19-13-35-9-8-24(32-19,21(26)27)16-10-15(5-6-17(16)25)30-20(33)18-7-4-14(11-28)12-29-18/h4-7,10,12,21H,8-9,13H2,1-3H3,(H,30,33)(H,31,32,34). The van der Waals surface area contributed by atoms with Gasteiger partial charge in [0.25, 0.3) is 12.3 Å². The van der Waals surface area contributed by atoms with Crippen LogP contribution in [0, 0.1) is 17.1 Å². The minimum absolute atomic E-state index is 0.0181. The molecule has 3 rings (SSSR count). The minimum Gasteiger partial charge on any atom is -0.444 e. The summed E-state index contributed by atoms with van der Waals surface area (Å²) in [7, 11) is 0. The number of nitrogens with zero attached hydrogens (tertiary/aromatic N) is 3. The lowest BCUT2D eigenvalue weighted by Gasteiger charge is -2.29. The highest BCUT2D eigenvalue weighted by Gasteiger charge is 2.45. The van der Waals surface area contributed by atoms with Gasteiger partial charge in [-0.1, -0.05) is 0 Å². The number of amides is 2. The van der Waals surface area contributed by atoms with E-state index in [-0.39, 0.29) is 36.0 Å². The van der Waals surface area contributed by atoms with Crippen molar-refractivity contribution in [2.24, 2.45) is 4.99 Å². The highest BCUT2D eigenvalue weighted by Crippen LogP contribution is 2.40. The Bertz CT molecular complexity index is 1210. The second-order valence-electron chi connectivity index (χ2n) is 8.91. The van der Waals surface area contributed by atoms with Crippen LogP contribution in [0.4, 0.5) is 23.7 Å². The second-order valence-corrected chi connectivity index (χ2v) is 8.91. The van der Waals surface area contributed by atoms with Crippen molar-refractivity contribution in [1.82, 2.24) is 10.3 Å². The second kappa shape index (κ2) is 10.7. The van der Waals surface area contributed by atoms with Gasteiger partial charge in [-0.15, -0.1) is 0 Å². The summed E-state index contributed by atoms with van der Waals surface area (Å²) < 4.78 is 54.5. The minimum atomic E-state index is -3.18. The van der Waals surface area contributed by atoms with E-state index >= 15 is 0 Å². The number of carbonyl (C=O) groups excluding carboxylic acids is 2. The number of hydrogen-bond acceptors (Lipinski definition) is 7. The van der Waals surface area contributed by atoms with Crippen molar-refractivity contribution in [2.75, 3.05) is 18.5 Å². The first-order chi connectivity index (χ1) is 16.9. The van der Waals surface area contributed by atoms with Gasteiger partial charge in [0.05, 0.1) is 12.2 Å². The number of aliphatic imine (C=N–C) groups is 1. The molecule has 36 heavy (non-hydrogen) atoms. The summed E-state index contributed by atoms with van der Waals surface area (Å²) in [6, 6.07) is 7.78. The van der Waals surface area contributed by atoms with E-state index in [1.165, 1.54) is 24.4 Å². The van der Waals surface area contributed by atoms with Crippen molar-refractivity contribution in [3.05, 3.63) is 59.2 Å². The number of nitrogens with one attached hydrogen (secondary N) is 2. The quantitative estimate of drug-likeness (QED) is 0.646. The molecule has 2 N–H and O–H groups in total. The topological polar surface area (TPSA) is 126 Å². The van der Waals surface area contributed by atoms with Gasteiger partial charge in [0, 0.05) is 23.9 Å². The van der Waals surface area contributed by atoms with Gasteiger partial charge in [0.2, 0.25) is 0 Å². The third kappa shape index (κ3) is 6.37. The van der Waals surface area contributed by atoms with E-state index in [1.54, 1.807) is 20.8 Å². The molecule has 2 aromatic rings. The van der Waals surface area contributed by atoms with E-state index < -0.39 is 47.4 Å². The van der Waals surface area contributed by atoms with Crippen LogP contribution in [-0.4, -0.2) is 48.1 Å². The van der Waals surface area contributed by atoms with Gasteiger partial charge in [-0.3, -0.25) is 15.1 Å². The first-order valence-electron chi connectivity index (χ1n) is 10.9. The normalized spacial score (nSPS) is 18.0. The summed E-state index contributed by atoms with van der Waals surface area (Å²) in [5.74, 6) is -1.92. The lowest BCUT2D eigenvalue weighted by Crippen LogP contribution is -2.41. The number of ether oxygens (including phenoxy) is 2. The lowest BCUT2D eigenvalue weighted by molar-refractivity contribution is 0.0330. The van der Waals surface area contributed by atoms with Crippen LogP contribution in [0.5, 0.6) is 0 Å². The van der Waals surface area contributed by atoms with Gasteiger partial charge in [0.1, 0.15) is 35.6 Å². The fourth-order valence-electron chi connectivity index (χ4n) is 3.41. The van der Waals surface area contributed by atoms with Gasteiger partial charge < -0.3 is 14.8 Å². The number of aromatic nitrogens is 1. The molecule has 0 spiro atoms. The number of anilines is 1. The maximum absolute atomic E-state index is 14.9. The number of hydrogen-bond donors (Lipinski definition) is 2. The Morgan fingerprint density at radius 2 is 1.97 bits per heavy atom. The van der Waals surface area contributed by atoms with Gasteiger partial charge in [0.15, 0.2) is 5.54 Å². The molecule has 1 aliphatic rings. The predicted octanol–water partition coefficient (Wildman–Crippen LogP) is 4.15.